The van der Waals surface area contributed by atoms with E-state index < -0.39 is 21.7 Å². The molecule has 176 valence electrons. The normalized spacial score (nSPS) is 24.3. The molecule has 0 bridgehead atoms. The van der Waals surface area contributed by atoms with Crippen molar-refractivity contribution in [1.82, 2.24) is 4.90 Å². The summed E-state index contributed by atoms with van der Waals surface area (Å²) in [6.45, 7) is 13.4. The number of carbonyl (C=O) groups excluding carboxylic acids is 3. The number of amides is 1. The largest absolute Gasteiger partial charge is 0.463 e. The van der Waals surface area contributed by atoms with Crippen LogP contribution in [0.5, 0.6) is 0 Å². The van der Waals surface area contributed by atoms with Crippen LogP contribution in [0.25, 0.3) is 0 Å². The van der Waals surface area contributed by atoms with Crippen LogP contribution in [0.4, 0.5) is 0 Å². The molecule has 2 rings (SSSR count). The van der Waals surface area contributed by atoms with Crippen molar-refractivity contribution in [2.45, 2.75) is 109 Å². The molecule has 1 saturated heterocycles. The third-order valence-electron chi connectivity index (χ3n) is 5.37. The maximum Gasteiger partial charge on any atom is 0.326 e. The summed E-state index contributed by atoms with van der Waals surface area (Å²) in [7, 11) is 0. The van der Waals surface area contributed by atoms with Crippen LogP contribution in [0.2, 0.25) is 0 Å². The molecule has 1 atom stereocenters. The minimum atomic E-state index is -0.611. The van der Waals surface area contributed by atoms with Gasteiger partial charge in [-0.25, -0.2) is 0 Å². The molecule has 1 spiro atoms. The Bertz CT molecular complexity index is 697. The SMILES string of the molecule is CC(C)CC=C1CCC2(CC1)SC(CC(=O)OC(C)C)C(=O)N2CC(=O)OC(C)(C)C. The summed E-state index contributed by atoms with van der Waals surface area (Å²) in [4.78, 5) is 39.3. The van der Waals surface area contributed by atoms with E-state index in [-0.39, 0.29) is 30.9 Å². The molecule has 2 fully saturated rings. The van der Waals surface area contributed by atoms with E-state index in [1.807, 2.05) is 20.8 Å². The molecule has 1 unspecified atom stereocenters. The van der Waals surface area contributed by atoms with Gasteiger partial charge >= 0.3 is 11.9 Å². The molecular weight excluding hydrogens is 414 g/mol. The van der Waals surface area contributed by atoms with Crippen LogP contribution in [0, 0.1) is 5.92 Å². The third-order valence-corrected chi connectivity index (χ3v) is 7.09. The summed E-state index contributed by atoms with van der Waals surface area (Å²) in [6, 6.07) is 0. The van der Waals surface area contributed by atoms with Crippen molar-refractivity contribution in [3.63, 3.8) is 0 Å². The van der Waals surface area contributed by atoms with E-state index in [1.165, 1.54) is 17.3 Å². The second-order valence-corrected chi connectivity index (χ2v) is 11.9. The quantitative estimate of drug-likeness (QED) is 0.405. The van der Waals surface area contributed by atoms with Crippen molar-refractivity contribution >= 4 is 29.6 Å². The lowest BCUT2D eigenvalue weighted by atomic mass is 9.88. The molecule has 1 saturated carbocycles. The van der Waals surface area contributed by atoms with Crippen LogP contribution in [-0.2, 0) is 23.9 Å². The first-order valence-corrected chi connectivity index (χ1v) is 12.3. The van der Waals surface area contributed by atoms with Gasteiger partial charge in [-0.1, -0.05) is 25.5 Å². The van der Waals surface area contributed by atoms with Crippen LogP contribution >= 0.6 is 11.8 Å². The van der Waals surface area contributed by atoms with Gasteiger partial charge in [-0.3, -0.25) is 14.4 Å². The molecule has 0 aromatic rings. The zero-order valence-electron chi connectivity index (χ0n) is 20.2. The molecular formula is C24H39NO5S. The van der Waals surface area contributed by atoms with Gasteiger partial charge in [0.25, 0.3) is 0 Å². The summed E-state index contributed by atoms with van der Waals surface area (Å²) in [5.74, 6) is -0.326. The molecule has 0 aromatic carbocycles. The average molecular weight is 454 g/mol. The van der Waals surface area contributed by atoms with Crippen LogP contribution in [-0.4, -0.2) is 51.1 Å². The molecule has 1 amide bonds. The van der Waals surface area contributed by atoms with Crippen molar-refractivity contribution in [2.75, 3.05) is 6.54 Å². The smallest absolute Gasteiger partial charge is 0.326 e. The lowest BCUT2D eigenvalue weighted by Crippen LogP contribution is -2.49. The van der Waals surface area contributed by atoms with Gasteiger partial charge in [0.05, 0.1) is 22.6 Å². The molecule has 1 heterocycles. The van der Waals surface area contributed by atoms with E-state index in [0.717, 1.165) is 32.1 Å². The lowest BCUT2D eigenvalue weighted by molar-refractivity contribution is -0.160. The van der Waals surface area contributed by atoms with Crippen LogP contribution in [0.3, 0.4) is 0 Å². The summed E-state index contributed by atoms with van der Waals surface area (Å²) >= 11 is 1.53. The standard InChI is InChI=1S/C24H39NO5S/c1-16(2)8-9-18-10-12-24(13-11-18)25(15-21(27)30-23(5,6)7)22(28)19(31-24)14-20(26)29-17(3)4/h9,16-17,19H,8,10-15H2,1-7H3. The first kappa shape index (κ1) is 25.8. The Kier molecular flexibility index (Phi) is 8.65. The molecule has 1 aliphatic carbocycles. The molecule has 0 radical (unpaired) electrons. The van der Waals surface area contributed by atoms with Gasteiger partial charge < -0.3 is 14.4 Å². The van der Waals surface area contributed by atoms with E-state index in [9.17, 15) is 14.4 Å². The Balaban J connectivity index is 2.17. The molecule has 0 N–H and O–H groups in total. The minimum Gasteiger partial charge on any atom is -0.463 e. The number of rotatable bonds is 7. The van der Waals surface area contributed by atoms with Gasteiger partial charge in [-0.15, -0.1) is 11.8 Å². The predicted octanol–water partition coefficient (Wildman–Crippen LogP) is 4.86. The highest BCUT2D eigenvalue weighted by Gasteiger charge is 2.53. The fourth-order valence-electron chi connectivity index (χ4n) is 4.03. The number of allylic oxidation sites excluding steroid dienone is 2. The number of carbonyl (C=O) groups is 3. The third kappa shape index (κ3) is 7.55. The van der Waals surface area contributed by atoms with Gasteiger partial charge in [-0.05, 0) is 72.6 Å². The number of thioether (sulfide) groups is 1. The maximum atomic E-state index is 13.3. The Morgan fingerprint density at radius 2 is 1.77 bits per heavy atom. The number of hydrogen-bond donors (Lipinski definition) is 0. The Morgan fingerprint density at radius 3 is 2.29 bits per heavy atom. The zero-order chi connectivity index (χ0) is 23.4. The fourth-order valence-corrected chi connectivity index (χ4v) is 5.72. The van der Waals surface area contributed by atoms with Gasteiger partial charge in [0.15, 0.2) is 0 Å². The molecule has 2 aliphatic rings. The molecule has 7 heteroatoms. The van der Waals surface area contributed by atoms with Gasteiger partial charge in [0.1, 0.15) is 12.1 Å². The summed E-state index contributed by atoms with van der Waals surface area (Å²) in [5, 5.41) is -0.519. The average Bonchev–Trinajstić information content (AvgIpc) is 2.84. The van der Waals surface area contributed by atoms with Crippen molar-refractivity contribution in [3.8, 4) is 0 Å². The highest BCUT2D eigenvalue weighted by molar-refractivity contribution is 8.02. The zero-order valence-corrected chi connectivity index (χ0v) is 21.0. The number of ether oxygens (including phenoxy) is 2. The second kappa shape index (κ2) is 10.4. The van der Waals surface area contributed by atoms with Crippen molar-refractivity contribution in [2.24, 2.45) is 5.92 Å². The van der Waals surface area contributed by atoms with Gasteiger partial charge in [0.2, 0.25) is 5.91 Å². The summed E-state index contributed by atoms with van der Waals surface area (Å²) < 4.78 is 10.8. The Labute approximate surface area is 191 Å². The minimum absolute atomic E-state index is 0.0320. The second-order valence-electron chi connectivity index (χ2n) is 10.3. The van der Waals surface area contributed by atoms with Crippen molar-refractivity contribution in [1.29, 1.82) is 0 Å². The number of hydrogen-bond acceptors (Lipinski definition) is 6. The van der Waals surface area contributed by atoms with Gasteiger partial charge in [-0.2, -0.15) is 0 Å². The van der Waals surface area contributed by atoms with E-state index in [0.29, 0.717) is 5.92 Å². The molecule has 0 aromatic heterocycles. The molecule has 6 nitrogen and oxygen atoms in total. The molecule has 31 heavy (non-hydrogen) atoms. The number of nitrogens with zero attached hydrogens (tertiary/aromatic N) is 1. The fraction of sp³-hybridized carbons (Fsp3) is 0.792. The first-order valence-electron chi connectivity index (χ1n) is 11.4. The monoisotopic (exact) mass is 453 g/mol. The summed E-state index contributed by atoms with van der Waals surface area (Å²) in [6.07, 6.45) is 6.57. The van der Waals surface area contributed by atoms with E-state index >= 15 is 0 Å². The van der Waals surface area contributed by atoms with Crippen LogP contribution in [0.1, 0.15) is 87.0 Å². The van der Waals surface area contributed by atoms with Gasteiger partial charge in [0, 0.05) is 0 Å². The first-order chi connectivity index (χ1) is 14.3. The maximum absolute atomic E-state index is 13.3. The number of esters is 2. The molecule has 1 aliphatic heterocycles. The predicted molar refractivity (Wildman–Crippen MR) is 124 cm³/mol. The van der Waals surface area contributed by atoms with Crippen LogP contribution < -0.4 is 0 Å². The highest BCUT2D eigenvalue weighted by atomic mass is 32.2. The highest BCUT2D eigenvalue weighted by Crippen LogP contribution is 2.52. The topological polar surface area (TPSA) is 72.9 Å². The lowest BCUT2D eigenvalue weighted by Gasteiger charge is -2.41. The van der Waals surface area contributed by atoms with Crippen LogP contribution in [0.15, 0.2) is 11.6 Å². The van der Waals surface area contributed by atoms with E-state index in [1.54, 1.807) is 18.7 Å². The van der Waals surface area contributed by atoms with E-state index in [4.69, 9.17) is 9.47 Å². The summed E-state index contributed by atoms with van der Waals surface area (Å²) in [5.41, 5.74) is 0.812. The van der Waals surface area contributed by atoms with E-state index in [2.05, 4.69) is 19.9 Å². The Morgan fingerprint density at radius 1 is 1.16 bits per heavy atom. The van der Waals surface area contributed by atoms with Crippen molar-refractivity contribution < 1.29 is 23.9 Å². The Hall–Kier alpha value is -1.50. The van der Waals surface area contributed by atoms with Crippen molar-refractivity contribution in [3.05, 3.63) is 11.6 Å².